The number of carbonyl (C=O) groups is 1. The van der Waals surface area contributed by atoms with E-state index in [2.05, 4.69) is 29.0 Å². The average Bonchev–Trinajstić information content (AvgIpc) is 2.85. The quantitative estimate of drug-likeness (QED) is 0.420. The predicted molar refractivity (Wildman–Crippen MR) is 138 cm³/mol. The van der Waals surface area contributed by atoms with Gasteiger partial charge in [-0.3, -0.25) is 9.78 Å². The summed E-state index contributed by atoms with van der Waals surface area (Å²) in [7, 11) is -4.43. The number of nitrogens with zero attached hydrogens (tertiary/aromatic N) is 3. The van der Waals surface area contributed by atoms with Crippen molar-refractivity contribution in [2.24, 2.45) is 0 Å². The molecule has 1 fully saturated rings. The smallest absolute Gasteiger partial charge is 0.336 e. The maximum Gasteiger partial charge on any atom is 0.336 e. The summed E-state index contributed by atoms with van der Waals surface area (Å²) in [5, 5.41) is 4.38. The Morgan fingerprint density at radius 1 is 1.14 bits per heavy atom. The summed E-state index contributed by atoms with van der Waals surface area (Å²) in [6.07, 6.45) is 1.86. The van der Waals surface area contributed by atoms with Crippen LogP contribution in [0.4, 0.5) is 14.6 Å². The monoisotopic (exact) mass is 532 g/mol. The number of morpholine rings is 1. The van der Waals surface area contributed by atoms with Gasteiger partial charge in [0.2, 0.25) is 15.7 Å². The molecule has 0 saturated carbocycles. The van der Waals surface area contributed by atoms with Crippen molar-refractivity contribution in [2.45, 2.75) is 44.7 Å². The molecule has 37 heavy (non-hydrogen) atoms. The van der Waals surface area contributed by atoms with E-state index in [-0.39, 0.29) is 37.5 Å². The van der Waals surface area contributed by atoms with Crippen molar-refractivity contribution in [3.05, 3.63) is 54.4 Å². The number of hydrogen-bond acceptors (Lipinski definition) is 7. The summed E-state index contributed by atoms with van der Waals surface area (Å²) in [5.74, 6) is -3.55. The lowest BCUT2D eigenvalue weighted by molar-refractivity contribution is -0.120. The number of rotatable bonds is 9. The van der Waals surface area contributed by atoms with E-state index in [0.717, 1.165) is 40.9 Å². The van der Waals surface area contributed by atoms with Gasteiger partial charge in [0.15, 0.2) is 0 Å². The van der Waals surface area contributed by atoms with E-state index < -0.39 is 21.3 Å². The fourth-order valence-electron chi connectivity index (χ4n) is 4.38. The summed E-state index contributed by atoms with van der Waals surface area (Å²) in [5.41, 5.74) is 2.31. The summed E-state index contributed by atoms with van der Waals surface area (Å²) >= 11 is 0. The van der Waals surface area contributed by atoms with Crippen molar-refractivity contribution in [3.8, 4) is 11.3 Å². The zero-order chi connectivity index (χ0) is 26.6. The molecule has 1 aromatic carbocycles. The second kappa shape index (κ2) is 11.5. The van der Waals surface area contributed by atoms with Crippen LogP contribution < -0.4 is 10.2 Å². The third-order valence-electron chi connectivity index (χ3n) is 6.09. The summed E-state index contributed by atoms with van der Waals surface area (Å²) < 4.78 is 52.9. The van der Waals surface area contributed by atoms with E-state index in [1.54, 1.807) is 6.20 Å². The van der Waals surface area contributed by atoms with Crippen molar-refractivity contribution in [1.29, 1.82) is 0 Å². The highest BCUT2D eigenvalue weighted by Gasteiger charge is 2.24. The molecule has 1 saturated heterocycles. The average molecular weight is 533 g/mol. The molecule has 3 heterocycles. The number of nitrogens with one attached hydrogen (secondary N) is 1. The van der Waals surface area contributed by atoms with Crippen molar-refractivity contribution < 1.29 is 26.7 Å². The van der Waals surface area contributed by atoms with Crippen molar-refractivity contribution in [2.75, 3.05) is 30.3 Å². The molecule has 1 aliphatic rings. The second-order valence-corrected chi connectivity index (χ2v) is 11.4. The molecule has 4 rings (SSSR count). The molecular formula is C26H30F2N4O4S. The Balaban J connectivity index is 1.43. The number of anilines is 1. The second-order valence-electron chi connectivity index (χ2n) is 9.29. The first-order valence-electron chi connectivity index (χ1n) is 12.1. The molecule has 1 amide bonds. The third-order valence-corrected chi connectivity index (χ3v) is 7.49. The lowest BCUT2D eigenvalue weighted by atomic mass is 10.0. The number of amides is 1. The number of benzene rings is 1. The molecule has 0 unspecified atom stereocenters. The standard InChI is InChI=1S/C26H30F2N4O4S/c1-17-15-32(16-18(2)36-17)24-6-3-5-23(31-24)19-7-8-20-14-30-22(12-21(20)11-19)13-25(33)29-9-4-10-37(34,35)26(27)28/h3,5-8,11-12,14,17-18,26H,4,9-10,13,15-16H2,1-2H3,(H,29,33)/t17-,18+. The minimum atomic E-state index is -4.43. The largest absolute Gasteiger partial charge is 0.372 e. The molecule has 2 atom stereocenters. The molecule has 0 radical (unpaired) electrons. The normalized spacial score (nSPS) is 18.4. The number of hydrogen-bond donors (Lipinski definition) is 1. The number of halogens is 2. The Labute approximate surface area is 215 Å². The first-order chi connectivity index (χ1) is 17.6. The Kier molecular flexibility index (Phi) is 8.33. The summed E-state index contributed by atoms with van der Waals surface area (Å²) in [6, 6.07) is 13.7. The fraction of sp³-hybridized carbons (Fsp3) is 0.423. The predicted octanol–water partition coefficient (Wildman–Crippen LogP) is 3.60. The molecule has 2 aromatic heterocycles. The van der Waals surface area contributed by atoms with Gasteiger partial charge in [-0.15, -0.1) is 0 Å². The minimum Gasteiger partial charge on any atom is -0.372 e. The van der Waals surface area contributed by atoms with Gasteiger partial charge in [0.25, 0.3) is 0 Å². The van der Waals surface area contributed by atoms with Gasteiger partial charge in [-0.25, -0.2) is 13.4 Å². The van der Waals surface area contributed by atoms with Crippen LogP contribution in [0.15, 0.2) is 48.7 Å². The van der Waals surface area contributed by atoms with Crippen LogP contribution >= 0.6 is 0 Å². The highest BCUT2D eigenvalue weighted by molar-refractivity contribution is 7.91. The highest BCUT2D eigenvalue weighted by atomic mass is 32.2. The lowest BCUT2D eigenvalue weighted by Crippen LogP contribution is -2.45. The Hall–Kier alpha value is -3.18. The van der Waals surface area contributed by atoms with Crippen molar-refractivity contribution in [1.82, 2.24) is 15.3 Å². The van der Waals surface area contributed by atoms with Gasteiger partial charge in [-0.05, 0) is 49.9 Å². The lowest BCUT2D eigenvalue weighted by Gasteiger charge is -2.36. The number of alkyl halides is 2. The first-order valence-corrected chi connectivity index (χ1v) is 13.9. The third kappa shape index (κ3) is 6.98. The van der Waals surface area contributed by atoms with Crippen LogP contribution in [0.2, 0.25) is 0 Å². The highest BCUT2D eigenvalue weighted by Crippen LogP contribution is 2.26. The van der Waals surface area contributed by atoms with E-state index in [0.29, 0.717) is 5.69 Å². The van der Waals surface area contributed by atoms with Gasteiger partial charge in [0.1, 0.15) is 5.82 Å². The molecule has 0 aliphatic carbocycles. The van der Waals surface area contributed by atoms with Crippen LogP contribution in [0.5, 0.6) is 0 Å². The molecule has 1 aliphatic heterocycles. The van der Waals surface area contributed by atoms with Gasteiger partial charge in [-0.2, -0.15) is 8.78 Å². The molecule has 1 N–H and O–H groups in total. The Morgan fingerprint density at radius 2 is 1.89 bits per heavy atom. The van der Waals surface area contributed by atoms with E-state index in [1.165, 1.54) is 0 Å². The van der Waals surface area contributed by atoms with Crippen LogP contribution in [-0.2, 0) is 25.8 Å². The van der Waals surface area contributed by atoms with Crippen molar-refractivity contribution in [3.63, 3.8) is 0 Å². The van der Waals surface area contributed by atoms with E-state index in [1.807, 2.05) is 42.5 Å². The first kappa shape index (κ1) is 26.9. The summed E-state index contributed by atoms with van der Waals surface area (Å²) in [4.78, 5) is 23.7. The molecule has 8 nitrogen and oxygen atoms in total. The van der Waals surface area contributed by atoms with Crippen LogP contribution in [0.25, 0.3) is 22.0 Å². The zero-order valence-electron chi connectivity index (χ0n) is 20.7. The molecule has 11 heteroatoms. The van der Waals surface area contributed by atoms with Crippen LogP contribution in [0.1, 0.15) is 26.0 Å². The number of fused-ring (bicyclic) bond motifs is 1. The number of pyridine rings is 2. The molecule has 3 aromatic rings. The van der Waals surface area contributed by atoms with E-state index >= 15 is 0 Å². The number of ether oxygens (including phenoxy) is 1. The Bertz CT molecular complexity index is 1360. The summed E-state index contributed by atoms with van der Waals surface area (Å²) in [6.45, 7) is 5.65. The van der Waals surface area contributed by atoms with Gasteiger partial charge in [0, 0.05) is 36.8 Å². The van der Waals surface area contributed by atoms with Crippen LogP contribution in [-0.4, -0.2) is 67.6 Å². The Morgan fingerprint density at radius 3 is 2.62 bits per heavy atom. The van der Waals surface area contributed by atoms with Gasteiger partial charge < -0.3 is 15.0 Å². The van der Waals surface area contributed by atoms with Crippen LogP contribution in [0, 0.1) is 0 Å². The maximum absolute atomic E-state index is 12.4. The van der Waals surface area contributed by atoms with E-state index in [4.69, 9.17) is 9.72 Å². The minimum absolute atomic E-state index is 0.00871. The number of sulfone groups is 1. The fourth-order valence-corrected chi connectivity index (χ4v) is 5.11. The van der Waals surface area contributed by atoms with Crippen LogP contribution in [0.3, 0.4) is 0 Å². The van der Waals surface area contributed by atoms with Crippen molar-refractivity contribution >= 4 is 32.3 Å². The van der Waals surface area contributed by atoms with E-state index in [9.17, 15) is 22.0 Å². The maximum atomic E-state index is 12.4. The number of aromatic nitrogens is 2. The topological polar surface area (TPSA) is 101 Å². The van der Waals surface area contributed by atoms with Gasteiger partial charge >= 0.3 is 5.76 Å². The molecular weight excluding hydrogens is 502 g/mol. The van der Waals surface area contributed by atoms with Gasteiger partial charge in [-0.1, -0.05) is 18.2 Å². The van der Waals surface area contributed by atoms with Gasteiger partial charge in [0.05, 0.1) is 35.8 Å². The molecule has 0 bridgehead atoms. The zero-order valence-corrected chi connectivity index (χ0v) is 21.5. The molecule has 0 spiro atoms. The SMILES string of the molecule is C[C@@H]1CN(c2cccc(-c3ccc4cnc(CC(=O)NCCCS(=O)(=O)C(F)F)cc4c3)n2)C[C@H](C)O1. The number of carbonyl (C=O) groups excluding carboxylic acids is 1. The molecule has 198 valence electrons.